The van der Waals surface area contributed by atoms with Crippen LogP contribution in [0, 0.1) is 0 Å². The molecule has 0 spiro atoms. The van der Waals surface area contributed by atoms with Gasteiger partial charge in [0, 0.05) is 6.42 Å². The Hall–Kier alpha value is -0.830. The molecular formula is C9H15NO2. The van der Waals surface area contributed by atoms with Gasteiger partial charge in [-0.15, -0.1) is 0 Å². The van der Waals surface area contributed by atoms with Crippen LogP contribution in [0.5, 0.6) is 0 Å². The molecule has 1 aliphatic heterocycles. The minimum absolute atomic E-state index is 0.261. The zero-order valence-corrected chi connectivity index (χ0v) is 7.18. The van der Waals surface area contributed by atoms with Crippen molar-refractivity contribution in [1.29, 1.82) is 0 Å². The molecule has 3 heteroatoms. The topological polar surface area (TPSA) is 49.3 Å². The number of rotatable bonds is 3. The van der Waals surface area contributed by atoms with Crippen LogP contribution in [-0.2, 0) is 4.79 Å². The molecule has 0 aromatic heterocycles. The van der Waals surface area contributed by atoms with Crippen molar-refractivity contribution in [2.24, 2.45) is 0 Å². The highest BCUT2D eigenvalue weighted by atomic mass is 16.4. The van der Waals surface area contributed by atoms with Crippen LogP contribution in [0.4, 0.5) is 0 Å². The summed E-state index contributed by atoms with van der Waals surface area (Å²) in [5.74, 6) is -0.708. The molecule has 1 rings (SSSR count). The monoisotopic (exact) mass is 169 g/mol. The van der Waals surface area contributed by atoms with Gasteiger partial charge >= 0.3 is 5.97 Å². The fraction of sp³-hybridized carbons (Fsp3) is 0.667. The van der Waals surface area contributed by atoms with Crippen molar-refractivity contribution in [1.82, 2.24) is 5.32 Å². The highest BCUT2D eigenvalue weighted by molar-refractivity contribution is 5.66. The van der Waals surface area contributed by atoms with Crippen LogP contribution in [0.25, 0.3) is 0 Å². The highest BCUT2D eigenvalue weighted by Crippen LogP contribution is 2.11. The smallest absolute Gasteiger partial charge is 0.303 e. The van der Waals surface area contributed by atoms with Crippen LogP contribution in [0.3, 0.4) is 0 Å². The van der Waals surface area contributed by atoms with Crippen molar-refractivity contribution in [2.75, 3.05) is 13.1 Å². The van der Waals surface area contributed by atoms with Crippen molar-refractivity contribution >= 4 is 5.97 Å². The SMILES string of the molecule is O=C(O)CCC=C1CCNCC1. The molecule has 0 unspecified atom stereocenters. The summed E-state index contributed by atoms with van der Waals surface area (Å²) in [5.41, 5.74) is 1.41. The molecule has 0 saturated carbocycles. The predicted octanol–water partition coefficient (Wildman–Crippen LogP) is 1.16. The van der Waals surface area contributed by atoms with Crippen molar-refractivity contribution in [3.8, 4) is 0 Å². The fourth-order valence-corrected chi connectivity index (χ4v) is 1.35. The Morgan fingerprint density at radius 3 is 2.75 bits per heavy atom. The number of carboxylic acid groups (broad SMARTS) is 1. The number of aliphatic carboxylic acids is 1. The largest absolute Gasteiger partial charge is 0.481 e. The number of carbonyl (C=O) groups is 1. The summed E-state index contributed by atoms with van der Waals surface area (Å²) in [5, 5.41) is 11.7. The third-order valence-corrected chi connectivity index (χ3v) is 2.04. The average molecular weight is 169 g/mol. The Morgan fingerprint density at radius 1 is 1.50 bits per heavy atom. The summed E-state index contributed by atoms with van der Waals surface area (Å²) >= 11 is 0. The van der Waals surface area contributed by atoms with E-state index in [0.717, 1.165) is 25.9 Å². The van der Waals surface area contributed by atoms with E-state index in [1.165, 1.54) is 5.57 Å². The Labute approximate surface area is 72.5 Å². The number of hydrogen-bond acceptors (Lipinski definition) is 2. The van der Waals surface area contributed by atoms with Crippen molar-refractivity contribution < 1.29 is 9.90 Å². The molecule has 0 aliphatic carbocycles. The van der Waals surface area contributed by atoms with E-state index in [-0.39, 0.29) is 6.42 Å². The van der Waals surface area contributed by atoms with Crippen LogP contribution in [0.15, 0.2) is 11.6 Å². The van der Waals surface area contributed by atoms with Gasteiger partial charge in [0.05, 0.1) is 0 Å². The molecule has 2 N–H and O–H groups in total. The van der Waals surface area contributed by atoms with Gasteiger partial charge in [-0.05, 0) is 32.4 Å². The zero-order valence-electron chi connectivity index (χ0n) is 7.18. The lowest BCUT2D eigenvalue weighted by atomic mass is 10.0. The third kappa shape index (κ3) is 3.53. The Balaban J connectivity index is 2.20. The lowest BCUT2D eigenvalue weighted by Gasteiger charge is -2.14. The van der Waals surface area contributed by atoms with E-state index in [1.807, 2.05) is 0 Å². The Bertz CT molecular complexity index is 179. The molecule has 1 heterocycles. The van der Waals surface area contributed by atoms with E-state index >= 15 is 0 Å². The van der Waals surface area contributed by atoms with Crippen LogP contribution >= 0.6 is 0 Å². The van der Waals surface area contributed by atoms with Gasteiger partial charge < -0.3 is 10.4 Å². The Kier molecular flexibility index (Phi) is 3.80. The maximum absolute atomic E-state index is 10.2. The number of nitrogens with one attached hydrogen (secondary N) is 1. The van der Waals surface area contributed by atoms with Gasteiger partial charge in [-0.2, -0.15) is 0 Å². The maximum Gasteiger partial charge on any atom is 0.303 e. The lowest BCUT2D eigenvalue weighted by Crippen LogP contribution is -2.23. The van der Waals surface area contributed by atoms with Gasteiger partial charge in [-0.1, -0.05) is 11.6 Å². The number of allylic oxidation sites excluding steroid dienone is 1. The molecule has 68 valence electrons. The second-order valence-corrected chi connectivity index (χ2v) is 3.04. The summed E-state index contributed by atoms with van der Waals surface area (Å²) in [4.78, 5) is 10.2. The zero-order chi connectivity index (χ0) is 8.81. The molecule has 0 amide bonds. The summed E-state index contributed by atoms with van der Waals surface area (Å²) in [7, 11) is 0. The lowest BCUT2D eigenvalue weighted by molar-refractivity contribution is -0.136. The Morgan fingerprint density at radius 2 is 2.17 bits per heavy atom. The molecule has 1 fully saturated rings. The van der Waals surface area contributed by atoms with Crippen LogP contribution in [0.2, 0.25) is 0 Å². The first-order chi connectivity index (χ1) is 5.79. The van der Waals surface area contributed by atoms with E-state index in [1.54, 1.807) is 0 Å². The molecule has 1 aliphatic rings. The molecule has 1 saturated heterocycles. The third-order valence-electron chi connectivity index (χ3n) is 2.04. The quantitative estimate of drug-likeness (QED) is 0.623. The highest BCUT2D eigenvalue weighted by Gasteiger charge is 2.03. The molecule has 0 bridgehead atoms. The van der Waals surface area contributed by atoms with E-state index in [0.29, 0.717) is 6.42 Å². The standard InChI is InChI=1S/C9H15NO2/c11-9(12)3-1-2-8-4-6-10-7-5-8/h2,10H,1,3-7H2,(H,11,12). The van der Waals surface area contributed by atoms with Crippen molar-refractivity contribution in [3.63, 3.8) is 0 Å². The fourth-order valence-electron chi connectivity index (χ4n) is 1.35. The summed E-state index contributed by atoms with van der Waals surface area (Å²) in [6.07, 6.45) is 5.19. The summed E-state index contributed by atoms with van der Waals surface area (Å²) in [6.45, 7) is 2.08. The van der Waals surface area contributed by atoms with Crippen molar-refractivity contribution in [3.05, 3.63) is 11.6 Å². The van der Waals surface area contributed by atoms with E-state index < -0.39 is 5.97 Å². The summed E-state index contributed by atoms with van der Waals surface area (Å²) < 4.78 is 0. The van der Waals surface area contributed by atoms with Gasteiger partial charge in [-0.3, -0.25) is 4.79 Å². The predicted molar refractivity (Wildman–Crippen MR) is 47.1 cm³/mol. The molecule has 0 aromatic carbocycles. The molecule has 0 aromatic rings. The van der Waals surface area contributed by atoms with E-state index in [2.05, 4.69) is 11.4 Å². The molecule has 12 heavy (non-hydrogen) atoms. The first-order valence-corrected chi connectivity index (χ1v) is 4.39. The second-order valence-electron chi connectivity index (χ2n) is 3.04. The first kappa shape index (κ1) is 9.26. The number of carboxylic acids is 1. The molecule has 0 atom stereocenters. The minimum Gasteiger partial charge on any atom is -0.481 e. The second kappa shape index (κ2) is 4.93. The van der Waals surface area contributed by atoms with Gasteiger partial charge in [0.15, 0.2) is 0 Å². The van der Waals surface area contributed by atoms with E-state index in [4.69, 9.17) is 5.11 Å². The molecule has 0 radical (unpaired) electrons. The number of piperidine rings is 1. The van der Waals surface area contributed by atoms with Gasteiger partial charge in [0.1, 0.15) is 0 Å². The number of hydrogen-bond donors (Lipinski definition) is 2. The summed E-state index contributed by atoms with van der Waals surface area (Å²) in [6, 6.07) is 0. The maximum atomic E-state index is 10.2. The van der Waals surface area contributed by atoms with Crippen LogP contribution in [-0.4, -0.2) is 24.2 Å². The molecule has 3 nitrogen and oxygen atoms in total. The van der Waals surface area contributed by atoms with Gasteiger partial charge in [0.25, 0.3) is 0 Å². The van der Waals surface area contributed by atoms with Gasteiger partial charge in [0.2, 0.25) is 0 Å². The average Bonchev–Trinajstić information content (AvgIpc) is 2.05. The normalized spacial score (nSPS) is 17.5. The van der Waals surface area contributed by atoms with Crippen LogP contribution in [0.1, 0.15) is 25.7 Å². The first-order valence-electron chi connectivity index (χ1n) is 4.39. The van der Waals surface area contributed by atoms with Gasteiger partial charge in [-0.25, -0.2) is 0 Å². The molecular weight excluding hydrogens is 154 g/mol. The minimum atomic E-state index is -0.708. The van der Waals surface area contributed by atoms with E-state index in [9.17, 15) is 4.79 Å². The van der Waals surface area contributed by atoms with Crippen LogP contribution < -0.4 is 5.32 Å². The van der Waals surface area contributed by atoms with Crippen molar-refractivity contribution in [2.45, 2.75) is 25.7 Å².